The van der Waals surface area contributed by atoms with E-state index >= 15 is 0 Å². The number of carbonyl (C=O) groups is 2. The lowest BCUT2D eigenvalue weighted by atomic mass is 10.2. The number of anilines is 1. The maximum atomic E-state index is 13.3. The first-order chi connectivity index (χ1) is 9.99. The monoisotopic (exact) mass is 374 g/mol. The number of rotatable bonds is 1. The fourth-order valence-electron chi connectivity index (χ4n) is 2.98. The van der Waals surface area contributed by atoms with E-state index in [1.54, 1.807) is 4.90 Å². The summed E-state index contributed by atoms with van der Waals surface area (Å²) >= 11 is 9.36. The Morgan fingerprint density at radius 3 is 2.76 bits per heavy atom. The van der Waals surface area contributed by atoms with Crippen molar-refractivity contribution in [2.24, 2.45) is 0 Å². The summed E-state index contributed by atoms with van der Waals surface area (Å²) in [6.45, 7) is 0.885. The van der Waals surface area contributed by atoms with Gasteiger partial charge >= 0.3 is 0 Å². The zero-order valence-electron chi connectivity index (χ0n) is 11.1. The summed E-state index contributed by atoms with van der Waals surface area (Å²) in [4.78, 5) is 28.0. The minimum Gasteiger partial charge on any atom is -0.331 e. The number of fused-ring (bicyclic) bond motifs is 1. The Hall–Kier alpha value is -1.14. The van der Waals surface area contributed by atoms with E-state index in [1.165, 1.54) is 17.0 Å². The molecule has 0 N–H and O–H groups in total. The van der Waals surface area contributed by atoms with Crippen LogP contribution in [-0.2, 0) is 9.59 Å². The highest BCUT2D eigenvalue weighted by Gasteiger charge is 2.40. The summed E-state index contributed by atoms with van der Waals surface area (Å²) < 4.78 is 13.8. The van der Waals surface area contributed by atoms with Crippen molar-refractivity contribution in [1.82, 2.24) is 4.90 Å². The van der Waals surface area contributed by atoms with E-state index in [0.717, 1.165) is 6.42 Å². The van der Waals surface area contributed by atoms with E-state index < -0.39 is 11.9 Å². The first-order valence-electron chi connectivity index (χ1n) is 6.74. The van der Waals surface area contributed by atoms with Crippen LogP contribution in [0.25, 0.3) is 0 Å². The van der Waals surface area contributed by atoms with Gasteiger partial charge in [0.25, 0.3) is 0 Å². The smallest absolute Gasteiger partial charge is 0.249 e. The molecule has 0 bridgehead atoms. The number of amides is 2. The molecule has 7 heteroatoms. The molecule has 0 radical (unpaired) electrons. The largest absolute Gasteiger partial charge is 0.331 e. The fraction of sp³-hybridized carbons (Fsp3) is 0.429. The Kier molecular flexibility index (Phi) is 3.92. The van der Waals surface area contributed by atoms with Crippen LogP contribution in [0.15, 0.2) is 16.6 Å². The topological polar surface area (TPSA) is 40.6 Å². The molecule has 2 heterocycles. The quantitative estimate of drug-likeness (QED) is 0.757. The van der Waals surface area contributed by atoms with E-state index in [1.807, 2.05) is 0 Å². The van der Waals surface area contributed by atoms with Gasteiger partial charge in [0.15, 0.2) is 0 Å². The van der Waals surface area contributed by atoms with Gasteiger partial charge in [0.05, 0.1) is 10.7 Å². The Morgan fingerprint density at radius 1 is 1.29 bits per heavy atom. The zero-order valence-corrected chi connectivity index (χ0v) is 13.5. The van der Waals surface area contributed by atoms with E-state index in [-0.39, 0.29) is 29.8 Å². The van der Waals surface area contributed by atoms with Crippen molar-refractivity contribution in [2.45, 2.75) is 25.3 Å². The van der Waals surface area contributed by atoms with Crippen LogP contribution in [0.4, 0.5) is 10.1 Å². The molecule has 2 amide bonds. The first kappa shape index (κ1) is 14.8. The van der Waals surface area contributed by atoms with E-state index in [2.05, 4.69) is 15.9 Å². The minimum atomic E-state index is -0.475. The molecule has 0 spiro atoms. The number of hydrogen-bond donors (Lipinski definition) is 0. The predicted octanol–water partition coefficient (Wildman–Crippen LogP) is 2.97. The molecular weight excluding hydrogens is 363 g/mol. The maximum Gasteiger partial charge on any atom is 0.249 e. The second kappa shape index (κ2) is 5.57. The minimum absolute atomic E-state index is 0.0114. The van der Waals surface area contributed by atoms with Crippen LogP contribution >= 0.6 is 27.5 Å². The van der Waals surface area contributed by atoms with Crippen LogP contribution in [0.5, 0.6) is 0 Å². The Bertz CT molecular complexity index is 602. The third-order valence-corrected chi connectivity index (χ3v) is 4.82. The number of hydrogen-bond acceptors (Lipinski definition) is 2. The lowest BCUT2D eigenvalue weighted by Gasteiger charge is -2.26. The van der Waals surface area contributed by atoms with Crippen LogP contribution in [-0.4, -0.2) is 35.8 Å². The van der Waals surface area contributed by atoms with Crippen LogP contribution < -0.4 is 4.90 Å². The third-order valence-electron chi connectivity index (χ3n) is 3.93. The van der Waals surface area contributed by atoms with Gasteiger partial charge in [0.1, 0.15) is 11.9 Å². The van der Waals surface area contributed by atoms with Crippen molar-refractivity contribution in [2.75, 3.05) is 18.0 Å². The molecule has 1 aromatic rings. The molecule has 2 aliphatic rings. The lowest BCUT2D eigenvalue weighted by Crippen LogP contribution is -2.44. The molecular formula is C14H13BrClFN2O2. The molecule has 2 aliphatic heterocycles. The highest BCUT2D eigenvalue weighted by atomic mass is 79.9. The summed E-state index contributed by atoms with van der Waals surface area (Å²) in [5, 5.41) is 0.161. The van der Waals surface area contributed by atoms with Gasteiger partial charge in [-0.2, -0.15) is 0 Å². The molecule has 1 aromatic carbocycles. The van der Waals surface area contributed by atoms with E-state index in [4.69, 9.17) is 11.6 Å². The van der Waals surface area contributed by atoms with Gasteiger partial charge in [0, 0.05) is 24.0 Å². The number of carbonyl (C=O) groups excluding carboxylic acids is 2. The Labute approximate surface area is 135 Å². The molecule has 3 rings (SSSR count). The summed E-state index contributed by atoms with van der Waals surface area (Å²) in [7, 11) is 0. The van der Waals surface area contributed by atoms with Gasteiger partial charge in [-0.25, -0.2) is 4.39 Å². The van der Waals surface area contributed by atoms with Gasteiger partial charge in [-0.05, 0) is 40.9 Å². The molecule has 1 unspecified atom stereocenters. The zero-order chi connectivity index (χ0) is 15.1. The van der Waals surface area contributed by atoms with Crippen molar-refractivity contribution in [3.05, 3.63) is 27.4 Å². The van der Waals surface area contributed by atoms with Crippen LogP contribution in [0, 0.1) is 5.82 Å². The van der Waals surface area contributed by atoms with Crippen LogP contribution in [0.3, 0.4) is 0 Å². The molecule has 21 heavy (non-hydrogen) atoms. The molecule has 112 valence electrons. The normalized spacial score (nSPS) is 22.5. The molecule has 0 aromatic heterocycles. The van der Waals surface area contributed by atoms with Crippen LogP contribution in [0.1, 0.15) is 19.3 Å². The van der Waals surface area contributed by atoms with Crippen LogP contribution in [0.2, 0.25) is 5.02 Å². The predicted molar refractivity (Wildman–Crippen MR) is 80.8 cm³/mol. The Morgan fingerprint density at radius 2 is 2.05 bits per heavy atom. The summed E-state index contributed by atoms with van der Waals surface area (Å²) in [5.74, 6) is -0.633. The van der Waals surface area contributed by atoms with E-state index in [0.29, 0.717) is 23.1 Å². The Balaban J connectivity index is 2.02. The van der Waals surface area contributed by atoms with Crippen molar-refractivity contribution < 1.29 is 14.0 Å². The number of nitrogens with zero attached hydrogens (tertiary/aromatic N) is 2. The van der Waals surface area contributed by atoms with Gasteiger partial charge in [-0.15, -0.1) is 0 Å². The third kappa shape index (κ3) is 2.55. The van der Waals surface area contributed by atoms with Crippen molar-refractivity contribution in [3.63, 3.8) is 0 Å². The molecule has 0 aliphatic carbocycles. The molecule has 2 fully saturated rings. The average Bonchev–Trinajstić information content (AvgIpc) is 2.85. The molecule has 0 saturated carbocycles. The highest BCUT2D eigenvalue weighted by Crippen LogP contribution is 2.37. The second-order valence-corrected chi connectivity index (χ2v) is 6.46. The standard InChI is InChI=1S/C14H13BrClFN2O2/c15-9-6-8(17)7-10(16)13(9)19-5-3-12(20)18-4-1-2-11(18)14(19)21/h6-7,11H,1-5H2. The number of benzene rings is 1. The first-order valence-corrected chi connectivity index (χ1v) is 7.91. The molecule has 1 atom stereocenters. The van der Waals surface area contributed by atoms with Gasteiger partial charge in [0.2, 0.25) is 11.8 Å². The number of halogens is 3. The fourth-order valence-corrected chi connectivity index (χ4v) is 4.05. The summed E-state index contributed by atoms with van der Waals surface area (Å²) in [6.07, 6.45) is 1.74. The second-order valence-electron chi connectivity index (χ2n) is 5.20. The van der Waals surface area contributed by atoms with E-state index in [9.17, 15) is 14.0 Å². The average molecular weight is 376 g/mol. The SMILES string of the molecule is O=C1C2CCCN2C(=O)CCN1c1c(Cl)cc(F)cc1Br. The van der Waals surface area contributed by atoms with Gasteiger partial charge in [-0.1, -0.05) is 11.6 Å². The molecule has 4 nitrogen and oxygen atoms in total. The van der Waals surface area contributed by atoms with Gasteiger partial charge in [-0.3, -0.25) is 9.59 Å². The lowest BCUT2D eigenvalue weighted by molar-refractivity contribution is -0.135. The van der Waals surface area contributed by atoms with Crippen molar-refractivity contribution in [3.8, 4) is 0 Å². The maximum absolute atomic E-state index is 13.3. The highest BCUT2D eigenvalue weighted by molar-refractivity contribution is 9.10. The van der Waals surface area contributed by atoms with Gasteiger partial charge < -0.3 is 9.80 Å². The molecule has 2 saturated heterocycles. The summed E-state index contributed by atoms with van der Waals surface area (Å²) in [5.41, 5.74) is 0.435. The van der Waals surface area contributed by atoms with Crippen molar-refractivity contribution >= 4 is 45.0 Å². The summed E-state index contributed by atoms with van der Waals surface area (Å²) in [6, 6.07) is 2.02. The van der Waals surface area contributed by atoms with Crippen molar-refractivity contribution in [1.29, 1.82) is 0 Å².